The van der Waals surface area contributed by atoms with E-state index in [1.165, 1.54) is 36.5 Å². The van der Waals surface area contributed by atoms with Gasteiger partial charge in [0, 0.05) is 28.9 Å². The van der Waals surface area contributed by atoms with Crippen LogP contribution in [0.5, 0.6) is 5.88 Å². The second-order valence-electron chi connectivity index (χ2n) is 8.54. The van der Waals surface area contributed by atoms with E-state index < -0.39 is 23.5 Å². The normalized spacial score (nSPS) is 12.2. The topological polar surface area (TPSA) is 47.0 Å². The van der Waals surface area contributed by atoms with Crippen molar-refractivity contribution in [3.05, 3.63) is 78.0 Å². The van der Waals surface area contributed by atoms with E-state index in [4.69, 9.17) is 4.74 Å². The van der Waals surface area contributed by atoms with Gasteiger partial charge in [0.25, 0.3) is 0 Å². The van der Waals surface area contributed by atoms with Crippen LogP contribution < -0.4 is 10.1 Å². The van der Waals surface area contributed by atoms with Gasteiger partial charge in [0.1, 0.15) is 0 Å². The first-order chi connectivity index (χ1) is 16.9. The molecule has 36 heavy (non-hydrogen) atoms. The largest absolute Gasteiger partial charge is 0.477 e. The van der Waals surface area contributed by atoms with Gasteiger partial charge in [0.05, 0.1) is 34.6 Å². The first kappa shape index (κ1) is 25.3. The quantitative estimate of drug-likeness (QED) is 0.269. The van der Waals surface area contributed by atoms with E-state index >= 15 is 0 Å². The molecule has 10 heteroatoms. The number of aromatic nitrogens is 2. The van der Waals surface area contributed by atoms with Crippen molar-refractivity contribution >= 4 is 22.3 Å². The highest BCUT2D eigenvalue weighted by atomic mass is 19.4. The number of rotatable bonds is 6. The smallest absolute Gasteiger partial charge is 0.418 e. The minimum atomic E-state index is -4.59. The Kier molecular flexibility index (Phi) is 6.79. The molecule has 0 bridgehead atoms. The summed E-state index contributed by atoms with van der Waals surface area (Å²) in [5, 5.41) is 3.61. The van der Waals surface area contributed by atoms with Gasteiger partial charge in [0.15, 0.2) is 0 Å². The highest BCUT2D eigenvalue weighted by Crippen LogP contribution is 2.38. The molecule has 0 aliphatic carbocycles. The summed E-state index contributed by atoms with van der Waals surface area (Å²) in [5.41, 5.74) is -0.486. The summed E-state index contributed by atoms with van der Waals surface area (Å²) < 4.78 is 85.1. The fourth-order valence-electron chi connectivity index (χ4n) is 3.54. The van der Waals surface area contributed by atoms with Crippen molar-refractivity contribution < 1.29 is 31.1 Å². The van der Waals surface area contributed by atoms with E-state index in [-0.39, 0.29) is 23.1 Å². The van der Waals surface area contributed by atoms with E-state index in [2.05, 4.69) is 15.3 Å². The molecule has 1 N–H and O–H groups in total. The standard InChI is InChI=1S/C26H21F6N3O/c1-15(2)14-36-23-13-22(34-18-8-6-17(7-9-18)25(27,28)29)19-10-5-16(12-21(19)35-23)24-20(26(30,31)32)4-3-11-33-24/h3-13,15H,14H2,1-2H3,(H,34,35). The lowest BCUT2D eigenvalue weighted by Gasteiger charge is -2.16. The van der Waals surface area contributed by atoms with Crippen LogP contribution in [0.4, 0.5) is 37.7 Å². The van der Waals surface area contributed by atoms with Gasteiger partial charge in [-0.25, -0.2) is 4.98 Å². The van der Waals surface area contributed by atoms with E-state index in [0.717, 1.165) is 18.2 Å². The van der Waals surface area contributed by atoms with E-state index in [0.29, 0.717) is 28.9 Å². The molecule has 2 aromatic heterocycles. The molecular weight excluding hydrogens is 484 g/mol. The van der Waals surface area contributed by atoms with Gasteiger partial charge in [-0.3, -0.25) is 4.98 Å². The summed E-state index contributed by atoms with van der Waals surface area (Å²) in [7, 11) is 0. The van der Waals surface area contributed by atoms with Crippen LogP contribution in [0.3, 0.4) is 0 Å². The fraction of sp³-hybridized carbons (Fsp3) is 0.231. The number of halogens is 6. The summed E-state index contributed by atoms with van der Waals surface area (Å²) >= 11 is 0. The lowest BCUT2D eigenvalue weighted by molar-refractivity contribution is -0.138. The molecule has 188 valence electrons. The van der Waals surface area contributed by atoms with E-state index in [1.807, 2.05) is 13.8 Å². The van der Waals surface area contributed by atoms with Crippen LogP contribution in [0.15, 0.2) is 66.9 Å². The SMILES string of the molecule is CC(C)COc1cc(Nc2ccc(C(F)(F)F)cc2)c2ccc(-c3ncccc3C(F)(F)F)cc2n1. The van der Waals surface area contributed by atoms with Crippen molar-refractivity contribution in [2.75, 3.05) is 11.9 Å². The number of nitrogens with one attached hydrogen (secondary N) is 1. The molecule has 2 heterocycles. The molecule has 0 aliphatic heterocycles. The zero-order valence-electron chi connectivity index (χ0n) is 19.2. The number of ether oxygens (including phenoxy) is 1. The molecule has 0 aliphatic rings. The predicted molar refractivity (Wildman–Crippen MR) is 125 cm³/mol. The molecular formula is C26H21F6N3O. The molecule has 0 saturated carbocycles. The van der Waals surface area contributed by atoms with Gasteiger partial charge in [-0.2, -0.15) is 26.3 Å². The number of pyridine rings is 2. The van der Waals surface area contributed by atoms with Crippen LogP contribution in [-0.4, -0.2) is 16.6 Å². The van der Waals surface area contributed by atoms with E-state index in [1.54, 1.807) is 12.1 Å². The van der Waals surface area contributed by atoms with Crippen LogP contribution in [0, 0.1) is 5.92 Å². The maximum Gasteiger partial charge on any atom is 0.418 e. The monoisotopic (exact) mass is 505 g/mol. The Hall–Kier alpha value is -3.82. The highest BCUT2D eigenvalue weighted by molar-refractivity contribution is 5.96. The number of hydrogen-bond acceptors (Lipinski definition) is 4. The Labute approximate surface area is 203 Å². The molecule has 0 amide bonds. The van der Waals surface area contributed by atoms with Crippen molar-refractivity contribution in [3.63, 3.8) is 0 Å². The van der Waals surface area contributed by atoms with Gasteiger partial charge in [-0.1, -0.05) is 26.0 Å². The van der Waals surface area contributed by atoms with Gasteiger partial charge in [0.2, 0.25) is 5.88 Å². The molecule has 0 radical (unpaired) electrons. The van der Waals surface area contributed by atoms with Gasteiger partial charge in [-0.15, -0.1) is 0 Å². The molecule has 4 nitrogen and oxygen atoms in total. The second-order valence-corrected chi connectivity index (χ2v) is 8.54. The van der Waals surface area contributed by atoms with Crippen LogP contribution in [0.25, 0.3) is 22.2 Å². The number of benzene rings is 2. The number of nitrogens with zero attached hydrogens (tertiary/aromatic N) is 2. The summed E-state index contributed by atoms with van der Waals surface area (Å²) in [5.74, 6) is 0.405. The summed E-state index contributed by atoms with van der Waals surface area (Å²) in [6, 6.07) is 12.8. The molecule has 0 saturated heterocycles. The molecule has 0 fully saturated rings. The maximum absolute atomic E-state index is 13.5. The minimum Gasteiger partial charge on any atom is -0.477 e. The van der Waals surface area contributed by atoms with Crippen LogP contribution in [-0.2, 0) is 12.4 Å². The first-order valence-electron chi connectivity index (χ1n) is 11.0. The summed E-state index contributed by atoms with van der Waals surface area (Å²) in [6.45, 7) is 4.23. The Morgan fingerprint density at radius 2 is 1.61 bits per heavy atom. The molecule has 4 aromatic rings. The lowest BCUT2D eigenvalue weighted by Crippen LogP contribution is -2.08. The highest BCUT2D eigenvalue weighted by Gasteiger charge is 2.34. The Morgan fingerprint density at radius 1 is 0.889 bits per heavy atom. The second kappa shape index (κ2) is 9.67. The maximum atomic E-state index is 13.5. The third-order valence-corrected chi connectivity index (χ3v) is 5.23. The third-order valence-electron chi connectivity index (χ3n) is 5.23. The van der Waals surface area contributed by atoms with Crippen molar-refractivity contribution in [1.29, 1.82) is 0 Å². The van der Waals surface area contributed by atoms with Crippen molar-refractivity contribution in [2.45, 2.75) is 26.2 Å². The molecule has 2 aromatic carbocycles. The molecule has 0 atom stereocenters. The van der Waals surface area contributed by atoms with E-state index in [9.17, 15) is 26.3 Å². The fourth-order valence-corrected chi connectivity index (χ4v) is 3.54. The first-order valence-corrected chi connectivity index (χ1v) is 11.0. The van der Waals surface area contributed by atoms with Crippen LogP contribution >= 0.6 is 0 Å². The Balaban J connectivity index is 1.79. The van der Waals surface area contributed by atoms with Crippen molar-refractivity contribution in [3.8, 4) is 17.1 Å². The third kappa shape index (κ3) is 5.69. The molecule has 0 spiro atoms. The van der Waals surface area contributed by atoms with Crippen LogP contribution in [0.1, 0.15) is 25.0 Å². The average Bonchev–Trinajstić information content (AvgIpc) is 2.81. The summed E-state index contributed by atoms with van der Waals surface area (Å²) in [6.07, 6.45) is -7.78. The van der Waals surface area contributed by atoms with Crippen LogP contribution in [0.2, 0.25) is 0 Å². The van der Waals surface area contributed by atoms with Gasteiger partial charge >= 0.3 is 12.4 Å². The number of hydrogen-bond donors (Lipinski definition) is 1. The summed E-state index contributed by atoms with van der Waals surface area (Å²) in [4.78, 5) is 8.39. The van der Waals surface area contributed by atoms with Crippen molar-refractivity contribution in [2.24, 2.45) is 5.92 Å². The predicted octanol–water partition coefficient (Wildman–Crippen LogP) is 8.11. The lowest BCUT2D eigenvalue weighted by atomic mass is 10.0. The van der Waals surface area contributed by atoms with Gasteiger partial charge < -0.3 is 10.1 Å². The number of anilines is 2. The average molecular weight is 505 g/mol. The Morgan fingerprint density at radius 3 is 2.25 bits per heavy atom. The molecule has 0 unspecified atom stereocenters. The van der Waals surface area contributed by atoms with Crippen molar-refractivity contribution in [1.82, 2.24) is 9.97 Å². The van der Waals surface area contributed by atoms with Gasteiger partial charge in [-0.05, 0) is 48.4 Å². The number of fused-ring (bicyclic) bond motifs is 1. The minimum absolute atomic E-state index is 0.183. The molecule has 4 rings (SSSR count). The Bertz CT molecular complexity index is 1370. The zero-order valence-corrected chi connectivity index (χ0v) is 19.2. The zero-order chi connectivity index (χ0) is 26.1. The number of alkyl halides is 6.